The summed E-state index contributed by atoms with van der Waals surface area (Å²) in [5.74, 6) is 0.0159. The number of rotatable bonds is 3. The van der Waals surface area contributed by atoms with Gasteiger partial charge < -0.3 is 14.6 Å². The molecule has 1 aromatic carbocycles. The van der Waals surface area contributed by atoms with Crippen molar-refractivity contribution in [2.75, 3.05) is 13.7 Å². The molecule has 1 N–H and O–H groups in total. The molecule has 1 atom stereocenters. The number of nitrogens with zero attached hydrogens (tertiary/aromatic N) is 2. The highest BCUT2D eigenvalue weighted by atomic mass is 32.1. The van der Waals surface area contributed by atoms with Crippen molar-refractivity contribution >= 4 is 27.5 Å². The number of nitrogens with one attached hydrogen (secondary N) is 1. The fraction of sp³-hybridized carbons (Fsp3) is 0.278. The average molecular weight is 355 g/mol. The molecule has 3 heterocycles. The largest absolute Gasteiger partial charge is 0.491 e. The third kappa shape index (κ3) is 2.80. The Balaban J connectivity index is 1.65. The van der Waals surface area contributed by atoms with Crippen molar-refractivity contribution in [2.45, 2.75) is 18.9 Å². The summed E-state index contributed by atoms with van der Waals surface area (Å²) in [4.78, 5) is 34.2. The van der Waals surface area contributed by atoms with Gasteiger partial charge in [-0.15, -0.1) is 11.3 Å². The average Bonchev–Trinajstić information content (AvgIpc) is 3.27. The first-order valence-electron chi connectivity index (χ1n) is 8.10. The number of amides is 1. The standard InChI is InChI=1S/C18H17N3O3S/c1-24-15-10-19-12(9-14(15)22)18(23)21-8-4-6-13(21)17-20-11-5-2-3-7-16(11)25-17/h2-3,5,7,9-10,13H,4,6,8H2,1H3,(H,19,22)/t13-/m0/s1. The molecule has 3 aromatic rings. The van der Waals surface area contributed by atoms with E-state index in [1.807, 2.05) is 24.3 Å². The third-order valence-corrected chi connectivity index (χ3v) is 5.57. The van der Waals surface area contributed by atoms with Crippen LogP contribution in [-0.2, 0) is 0 Å². The van der Waals surface area contributed by atoms with E-state index in [2.05, 4.69) is 4.98 Å². The minimum atomic E-state index is -0.305. The predicted molar refractivity (Wildman–Crippen MR) is 96.2 cm³/mol. The zero-order valence-corrected chi connectivity index (χ0v) is 14.5. The van der Waals surface area contributed by atoms with Crippen molar-refractivity contribution in [1.82, 2.24) is 14.9 Å². The quantitative estimate of drug-likeness (QED) is 0.784. The van der Waals surface area contributed by atoms with E-state index in [4.69, 9.17) is 9.72 Å². The number of pyridine rings is 1. The highest BCUT2D eigenvalue weighted by molar-refractivity contribution is 7.18. The summed E-state index contributed by atoms with van der Waals surface area (Å²) in [6.45, 7) is 0.660. The minimum absolute atomic E-state index is 0.0458. The Morgan fingerprint density at radius 2 is 2.24 bits per heavy atom. The minimum Gasteiger partial charge on any atom is -0.491 e. The number of hydrogen-bond donors (Lipinski definition) is 1. The maximum Gasteiger partial charge on any atom is 0.271 e. The second kappa shape index (κ2) is 6.33. The molecule has 0 spiro atoms. The topological polar surface area (TPSA) is 75.3 Å². The number of benzene rings is 1. The van der Waals surface area contributed by atoms with E-state index >= 15 is 0 Å². The lowest BCUT2D eigenvalue weighted by Crippen LogP contribution is -2.31. The van der Waals surface area contributed by atoms with Gasteiger partial charge in [-0.3, -0.25) is 9.59 Å². The number of ether oxygens (including phenoxy) is 1. The number of H-pyrrole nitrogens is 1. The van der Waals surface area contributed by atoms with Crippen LogP contribution >= 0.6 is 11.3 Å². The number of methoxy groups -OCH3 is 1. The zero-order valence-electron chi connectivity index (χ0n) is 13.7. The van der Waals surface area contributed by atoms with Crippen molar-refractivity contribution in [2.24, 2.45) is 0 Å². The molecule has 1 amide bonds. The monoisotopic (exact) mass is 355 g/mol. The molecule has 1 saturated heterocycles. The summed E-state index contributed by atoms with van der Waals surface area (Å²) in [7, 11) is 1.43. The molecule has 1 fully saturated rings. The van der Waals surface area contributed by atoms with E-state index < -0.39 is 0 Å². The van der Waals surface area contributed by atoms with Crippen LogP contribution in [0.2, 0.25) is 0 Å². The number of carbonyl (C=O) groups is 1. The molecule has 4 rings (SSSR count). The number of aromatic nitrogens is 2. The van der Waals surface area contributed by atoms with Gasteiger partial charge in [-0.25, -0.2) is 4.98 Å². The normalized spacial score (nSPS) is 17.2. The lowest BCUT2D eigenvalue weighted by Gasteiger charge is -2.23. The molecule has 1 aliphatic rings. The maximum atomic E-state index is 12.9. The van der Waals surface area contributed by atoms with E-state index in [0.717, 1.165) is 28.1 Å². The summed E-state index contributed by atoms with van der Waals surface area (Å²) < 4.78 is 6.07. The van der Waals surface area contributed by atoms with E-state index in [0.29, 0.717) is 6.54 Å². The van der Waals surface area contributed by atoms with Gasteiger partial charge in [0.2, 0.25) is 5.43 Å². The number of aromatic amines is 1. The second-order valence-corrected chi connectivity index (χ2v) is 7.02. The predicted octanol–water partition coefficient (Wildman–Crippen LogP) is 2.97. The third-order valence-electron chi connectivity index (χ3n) is 4.44. The number of likely N-dealkylation sites (tertiary alicyclic amines) is 1. The molecule has 2 aromatic heterocycles. The number of carbonyl (C=O) groups excluding carboxylic acids is 1. The summed E-state index contributed by atoms with van der Waals surface area (Å²) in [5, 5.41) is 0.947. The fourth-order valence-corrected chi connectivity index (χ4v) is 4.31. The molecule has 128 valence electrons. The molecule has 6 nitrogen and oxygen atoms in total. The van der Waals surface area contributed by atoms with Gasteiger partial charge in [0.25, 0.3) is 5.91 Å². The van der Waals surface area contributed by atoms with Crippen LogP contribution < -0.4 is 10.2 Å². The molecule has 7 heteroatoms. The molecular weight excluding hydrogens is 338 g/mol. The molecule has 0 bridgehead atoms. The molecule has 0 aliphatic carbocycles. The van der Waals surface area contributed by atoms with Crippen LogP contribution in [-0.4, -0.2) is 34.4 Å². The first-order valence-corrected chi connectivity index (χ1v) is 8.92. The fourth-order valence-electron chi connectivity index (χ4n) is 3.20. The van der Waals surface area contributed by atoms with Crippen LogP contribution in [0.4, 0.5) is 0 Å². The van der Waals surface area contributed by atoms with Crippen LogP contribution in [0.3, 0.4) is 0 Å². The highest BCUT2D eigenvalue weighted by Gasteiger charge is 2.33. The van der Waals surface area contributed by atoms with Gasteiger partial charge in [0, 0.05) is 18.8 Å². The van der Waals surface area contributed by atoms with E-state index in [1.165, 1.54) is 19.4 Å². The van der Waals surface area contributed by atoms with Gasteiger partial charge in [-0.2, -0.15) is 0 Å². The molecule has 0 radical (unpaired) electrons. The van der Waals surface area contributed by atoms with Crippen LogP contribution in [0.25, 0.3) is 10.2 Å². The van der Waals surface area contributed by atoms with Crippen LogP contribution in [0.15, 0.2) is 41.3 Å². The molecular formula is C18H17N3O3S. The van der Waals surface area contributed by atoms with Crippen molar-refractivity contribution in [3.05, 3.63) is 57.5 Å². The summed E-state index contributed by atoms with van der Waals surface area (Å²) >= 11 is 1.62. The van der Waals surface area contributed by atoms with Gasteiger partial charge in [-0.1, -0.05) is 12.1 Å². The Kier molecular flexibility index (Phi) is 4.01. The Hall–Kier alpha value is -2.67. The molecule has 0 unspecified atom stereocenters. The SMILES string of the molecule is COc1c[nH]c(C(=O)N2CCC[C@H]2c2nc3ccccc3s2)cc1=O. The van der Waals surface area contributed by atoms with Crippen LogP contribution in [0, 0.1) is 0 Å². The van der Waals surface area contributed by atoms with Gasteiger partial charge in [-0.05, 0) is 25.0 Å². The highest BCUT2D eigenvalue weighted by Crippen LogP contribution is 2.37. The Labute approximate surface area is 148 Å². The molecule has 0 saturated carbocycles. The molecule has 1 aliphatic heterocycles. The lowest BCUT2D eigenvalue weighted by molar-refractivity contribution is 0.0729. The van der Waals surface area contributed by atoms with Gasteiger partial charge in [0.15, 0.2) is 5.75 Å². The van der Waals surface area contributed by atoms with Crippen LogP contribution in [0.5, 0.6) is 5.75 Å². The smallest absolute Gasteiger partial charge is 0.271 e. The first kappa shape index (κ1) is 15.8. The van der Waals surface area contributed by atoms with Gasteiger partial charge >= 0.3 is 0 Å². The Bertz CT molecular complexity index is 961. The number of fused-ring (bicyclic) bond motifs is 1. The number of para-hydroxylation sites is 1. The summed E-state index contributed by atoms with van der Waals surface area (Å²) in [5.41, 5.74) is 0.929. The Morgan fingerprint density at radius 3 is 3.00 bits per heavy atom. The van der Waals surface area contributed by atoms with Gasteiger partial charge in [0.1, 0.15) is 10.7 Å². The van der Waals surface area contributed by atoms with Crippen molar-refractivity contribution in [3.63, 3.8) is 0 Å². The molecule has 25 heavy (non-hydrogen) atoms. The second-order valence-electron chi connectivity index (χ2n) is 5.96. The number of hydrogen-bond acceptors (Lipinski definition) is 5. The van der Waals surface area contributed by atoms with E-state index in [9.17, 15) is 9.59 Å². The van der Waals surface area contributed by atoms with Crippen molar-refractivity contribution in [3.8, 4) is 5.75 Å². The number of thiazole rings is 1. The van der Waals surface area contributed by atoms with Crippen LogP contribution in [0.1, 0.15) is 34.4 Å². The van der Waals surface area contributed by atoms with Crippen molar-refractivity contribution in [1.29, 1.82) is 0 Å². The lowest BCUT2D eigenvalue weighted by atomic mass is 10.2. The van der Waals surface area contributed by atoms with Crippen molar-refractivity contribution < 1.29 is 9.53 Å². The maximum absolute atomic E-state index is 12.9. The summed E-state index contributed by atoms with van der Waals surface area (Å²) in [6, 6.07) is 9.23. The first-order chi connectivity index (χ1) is 12.2. The van der Waals surface area contributed by atoms with E-state index in [1.54, 1.807) is 16.2 Å². The summed E-state index contributed by atoms with van der Waals surface area (Å²) in [6.07, 6.45) is 3.23. The Morgan fingerprint density at radius 1 is 1.40 bits per heavy atom. The van der Waals surface area contributed by atoms with Gasteiger partial charge in [0.05, 0.1) is 23.4 Å². The van der Waals surface area contributed by atoms with E-state index in [-0.39, 0.29) is 28.8 Å². The zero-order chi connectivity index (χ0) is 17.4.